The highest BCUT2D eigenvalue weighted by molar-refractivity contribution is 6.51. The van der Waals surface area contributed by atoms with E-state index in [1.165, 1.54) is 17.0 Å². The maximum absolute atomic E-state index is 13.2. The number of aryl methyl sites for hydroxylation is 2. The fourth-order valence-electron chi connectivity index (χ4n) is 3.95. The van der Waals surface area contributed by atoms with E-state index in [2.05, 4.69) is 0 Å². The van der Waals surface area contributed by atoms with Gasteiger partial charge in [0.1, 0.15) is 17.3 Å². The van der Waals surface area contributed by atoms with Crippen molar-refractivity contribution in [2.45, 2.75) is 19.9 Å². The van der Waals surface area contributed by atoms with Crippen molar-refractivity contribution in [1.82, 2.24) is 0 Å². The fraction of sp³-hybridized carbons (Fsp3) is 0.154. The Labute approximate surface area is 186 Å². The molecule has 0 bridgehead atoms. The number of aliphatic hydroxyl groups excluding tert-OH is 1. The van der Waals surface area contributed by atoms with Crippen molar-refractivity contribution in [2.75, 3.05) is 12.0 Å². The molecule has 162 valence electrons. The highest BCUT2D eigenvalue weighted by Gasteiger charge is 2.47. The number of nitrogens with zero attached hydrogens (tertiary/aromatic N) is 1. The Morgan fingerprint density at radius 3 is 2.19 bits per heavy atom. The highest BCUT2D eigenvalue weighted by Crippen LogP contribution is 2.43. The predicted octanol–water partition coefficient (Wildman–Crippen LogP) is 4.64. The van der Waals surface area contributed by atoms with Gasteiger partial charge in [0, 0.05) is 11.3 Å². The van der Waals surface area contributed by atoms with Crippen LogP contribution in [-0.2, 0) is 9.59 Å². The van der Waals surface area contributed by atoms with Crippen molar-refractivity contribution >= 4 is 23.1 Å². The summed E-state index contributed by atoms with van der Waals surface area (Å²) in [4.78, 5) is 27.7. The second kappa shape index (κ2) is 8.23. The van der Waals surface area contributed by atoms with Gasteiger partial charge in [0.2, 0.25) is 0 Å². The first-order valence-corrected chi connectivity index (χ1v) is 10.1. The van der Waals surface area contributed by atoms with Crippen LogP contribution in [0.3, 0.4) is 0 Å². The summed E-state index contributed by atoms with van der Waals surface area (Å²) in [6.07, 6.45) is 0. The van der Waals surface area contributed by atoms with E-state index in [0.29, 0.717) is 28.1 Å². The Morgan fingerprint density at radius 2 is 1.59 bits per heavy atom. The van der Waals surface area contributed by atoms with Crippen LogP contribution < -0.4 is 9.64 Å². The summed E-state index contributed by atoms with van der Waals surface area (Å²) in [6.45, 7) is 3.73. The monoisotopic (exact) mass is 429 g/mol. The van der Waals surface area contributed by atoms with Gasteiger partial charge in [0.25, 0.3) is 11.7 Å². The summed E-state index contributed by atoms with van der Waals surface area (Å²) in [5.41, 5.74) is 3.29. The smallest absolute Gasteiger partial charge is 0.300 e. The summed E-state index contributed by atoms with van der Waals surface area (Å²) in [6, 6.07) is 17.8. The summed E-state index contributed by atoms with van der Waals surface area (Å²) in [5, 5.41) is 21.0. The fourth-order valence-corrected chi connectivity index (χ4v) is 3.95. The Bertz CT molecular complexity index is 1230. The van der Waals surface area contributed by atoms with Crippen LogP contribution in [0.15, 0.2) is 72.3 Å². The van der Waals surface area contributed by atoms with E-state index in [1.54, 1.807) is 56.5 Å². The van der Waals surface area contributed by atoms with Gasteiger partial charge in [0.05, 0.1) is 18.7 Å². The maximum Gasteiger partial charge on any atom is 0.300 e. The Morgan fingerprint density at radius 1 is 0.938 bits per heavy atom. The van der Waals surface area contributed by atoms with Gasteiger partial charge in [0.15, 0.2) is 0 Å². The van der Waals surface area contributed by atoms with Gasteiger partial charge in [-0.2, -0.15) is 0 Å². The van der Waals surface area contributed by atoms with Crippen LogP contribution in [-0.4, -0.2) is 29.0 Å². The minimum absolute atomic E-state index is 0.00506. The van der Waals surface area contributed by atoms with Gasteiger partial charge in [-0.25, -0.2) is 0 Å². The molecule has 3 aromatic rings. The van der Waals surface area contributed by atoms with Crippen molar-refractivity contribution < 1.29 is 24.5 Å². The molecular formula is C26H23NO5. The minimum Gasteiger partial charge on any atom is -0.508 e. The normalized spacial score (nSPS) is 17.6. The average Bonchev–Trinajstić information content (AvgIpc) is 3.05. The molecule has 32 heavy (non-hydrogen) atoms. The van der Waals surface area contributed by atoms with E-state index < -0.39 is 17.7 Å². The number of phenolic OH excluding ortho intramolecular Hbond substituents is 1. The van der Waals surface area contributed by atoms with Gasteiger partial charge >= 0.3 is 0 Å². The lowest BCUT2D eigenvalue weighted by Gasteiger charge is -2.25. The molecular weight excluding hydrogens is 406 g/mol. The lowest BCUT2D eigenvalue weighted by molar-refractivity contribution is -0.132. The second-order valence-corrected chi connectivity index (χ2v) is 7.78. The van der Waals surface area contributed by atoms with Gasteiger partial charge in [-0.05, 0) is 67.4 Å². The number of methoxy groups -OCH3 is 1. The molecule has 0 spiro atoms. The van der Waals surface area contributed by atoms with E-state index >= 15 is 0 Å². The van der Waals surface area contributed by atoms with Crippen molar-refractivity contribution in [2.24, 2.45) is 0 Å². The molecule has 4 rings (SSSR count). The number of carbonyl (C=O) groups excluding carboxylic acids is 2. The molecule has 1 atom stereocenters. The number of phenols is 1. The first-order chi connectivity index (χ1) is 15.3. The zero-order valence-corrected chi connectivity index (χ0v) is 18.0. The molecule has 1 amide bonds. The van der Waals surface area contributed by atoms with Gasteiger partial charge in [-0.3, -0.25) is 14.5 Å². The Kier molecular flexibility index (Phi) is 5.45. The van der Waals surface area contributed by atoms with Crippen LogP contribution >= 0.6 is 0 Å². The molecule has 0 aromatic heterocycles. The summed E-state index contributed by atoms with van der Waals surface area (Å²) >= 11 is 0. The number of amides is 1. The number of hydrogen-bond donors (Lipinski definition) is 2. The van der Waals surface area contributed by atoms with E-state index in [1.807, 2.05) is 19.1 Å². The maximum atomic E-state index is 13.2. The number of rotatable bonds is 4. The molecule has 1 aliphatic heterocycles. The quantitative estimate of drug-likeness (QED) is 0.358. The van der Waals surface area contributed by atoms with E-state index in [9.17, 15) is 19.8 Å². The van der Waals surface area contributed by atoms with Crippen LogP contribution in [0.4, 0.5) is 5.69 Å². The summed E-state index contributed by atoms with van der Waals surface area (Å²) < 4.78 is 5.23. The van der Waals surface area contributed by atoms with Gasteiger partial charge < -0.3 is 14.9 Å². The lowest BCUT2D eigenvalue weighted by Crippen LogP contribution is -2.29. The molecule has 0 radical (unpaired) electrons. The highest BCUT2D eigenvalue weighted by atomic mass is 16.5. The van der Waals surface area contributed by atoms with E-state index in [0.717, 1.165) is 5.56 Å². The van der Waals surface area contributed by atoms with Gasteiger partial charge in [-0.15, -0.1) is 0 Å². The first kappa shape index (κ1) is 21.2. The molecule has 1 saturated heterocycles. The van der Waals surface area contributed by atoms with Crippen LogP contribution in [0.1, 0.15) is 28.3 Å². The predicted molar refractivity (Wildman–Crippen MR) is 122 cm³/mol. The molecule has 1 fully saturated rings. The largest absolute Gasteiger partial charge is 0.508 e. The summed E-state index contributed by atoms with van der Waals surface area (Å²) in [5.74, 6) is -1.06. The molecule has 0 aliphatic carbocycles. The SMILES string of the molecule is COc1ccc(/C(O)=C2/C(=O)C(=O)N(c3ccc(C)cc3)C2c2ccc(O)cc2)c(C)c1. The lowest BCUT2D eigenvalue weighted by atomic mass is 9.93. The van der Waals surface area contributed by atoms with E-state index in [4.69, 9.17) is 4.74 Å². The molecule has 1 heterocycles. The third kappa shape index (κ3) is 3.60. The number of hydrogen-bond acceptors (Lipinski definition) is 5. The van der Waals surface area contributed by atoms with E-state index in [-0.39, 0.29) is 17.1 Å². The zero-order chi connectivity index (χ0) is 23.0. The minimum atomic E-state index is -0.847. The summed E-state index contributed by atoms with van der Waals surface area (Å²) in [7, 11) is 1.55. The average molecular weight is 429 g/mol. The van der Waals surface area contributed by atoms with Crippen molar-refractivity contribution in [1.29, 1.82) is 0 Å². The third-order valence-electron chi connectivity index (χ3n) is 5.65. The number of Topliss-reactive ketones (excluding diaryl/α,β-unsaturated/α-hetero) is 1. The van der Waals surface area contributed by atoms with Crippen LogP contribution in [0.2, 0.25) is 0 Å². The number of ketones is 1. The first-order valence-electron chi connectivity index (χ1n) is 10.1. The number of aliphatic hydroxyl groups is 1. The van der Waals surface area contributed by atoms with Crippen LogP contribution in [0.25, 0.3) is 5.76 Å². The van der Waals surface area contributed by atoms with Crippen LogP contribution in [0.5, 0.6) is 11.5 Å². The zero-order valence-electron chi connectivity index (χ0n) is 18.0. The number of benzene rings is 3. The number of ether oxygens (including phenoxy) is 1. The molecule has 1 unspecified atom stereocenters. The molecule has 0 saturated carbocycles. The van der Waals surface area contributed by atoms with Crippen molar-refractivity contribution in [3.05, 3.63) is 94.6 Å². The molecule has 1 aliphatic rings. The molecule has 6 nitrogen and oxygen atoms in total. The molecule has 6 heteroatoms. The van der Waals surface area contributed by atoms with Crippen LogP contribution in [0, 0.1) is 13.8 Å². The van der Waals surface area contributed by atoms with Crippen molar-refractivity contribution in [3.63, 3.8) is 0 Å². The standard InChI is InChI=1S/C26H23NO5/c1-15-4-8-18(9-5-15)27-23(17-6-10-19(28)11-7-17)22(25(30)26(27)31)24(29)21-13-12-20(32-3)14-16(21)2/h4-14,23,28-29H,1-3H3/b24-22-. The molecule has 3 aromatic carbocycles. The number of carbonyl (C=O) groups is 2. The topological polar surface area (TPSA) is 87.1 Å². The number of aromatic hydroxyl groups is 1. The Balaban J connectivity index is 1.94. The third-order valence-corrected chi connectivity index (χ3v) is 5.65. The van der Waals surface area contributed by atoms with Gasteiger partial charge in [-0.1, -0.05) is 29.8 Å². The molecule has 2 N–H and O–H groups in total. The van der Waals surface area contributed by atoms with Crippen molar-refractivity contribution in [3.8, 4) is 11.5 Å². The second-order valence-electron chi connectivity index (χ2n) is 7.78. The number of anilines is 1. The Hall–Kier alpha value is -4.06.